The third-order valence-electron chi connectivity index (χ3n) is 3.58. The van der Waals surface area contributed by atoms with Gasteiger partial charge < -0.3 is 9.64 Å². The lowest BCUT2D eigenvalue weighted by Gasteiger charge is -2.27. The highest BCUT2D eigenvalue weighted by molar-refractivity contribution is 14.1. The van der Waals surface area contributed by atoms with Gasteiger partial charge >= 0.3 is 0 Å². The highest BCUT2D eigenvalue weighted by Gasteiger charge is 2.31. The van der Waals surface area contributed by atoms with Crippen molar-refractivity contribution < 1.29 is 9.53 Å². The first-order valence-electron chi connectivity index (χ1n) is 6.16. The minimum atomic E-state index is 0.0884. The second kappa shape index (κ2) is 5.57. The van der Waals surface area contributed by atoms with Gasteiger partial charge in [-0.3, -0.25) is 4.79 Å². The van der Waals surface area contributed by atoms with Crippen molar-refractivity contribution >= 4 is 28.5 Å². The molecule has 3 nitrogen and oxygen atoms in total. The Kier molecular flexibility index (Phi) is 4.27. The van der Waals surface area contributed by atoms with E-state index in [1.54, 1.807) is 0 Å². The molecule has 1 aromatic rings. The summed E-state index contributed by atoms with van der Waals surface area (Å²) in [4.78, 5) is 14.3. The van der Waals surface area contributed by atoms with Crippen molar-refractivity contribution in [2.24, 2.45) is 0 Å². The monoisotopic (exact) mass is 359 g/mol. The number of likely N-dealkylation sites (N-methyl/N-ethyl adjacent to an activating group) is 1. The number of ether oxygens (including phenoxy) is 1. The lowest BCUT2D eigenvalue weighted by atomic mass is 10.1. The third kappa shape index (κ3) is 2.54. The molecule has 0 spiro atoms. The second-order valence-electron chi connectivity index (χ2n) is 4.78. The van der Waals surface area contributed by atoms with Crippen LogP contribution in [-0.4, -0.2) is 36.6 Å². The lowest BCUT2D eigenvalue weighted by molar-refractivity contribution is 0.0573. The van der Waals surface area contributed by atoms with Crippen LogP contribution in [0.1, 0.15) is 29.3 Å². The molecule has 1 amide bonds. The predicted octanol–water partition coefficient (Wildman–Crippen LogP) is 2.85. The van der Waals surface area contributed by atoms with E-state index in [1.165, 1.54) is 0 Å². The summed E-state index contributed by atoms with van der Waals surface area (Å²) in [5.41, 5.74) is 1.93. The summed E-state index contributed by atoms with van der Waals surface area (Å²) in [6, 6.07) is 6.05. The van der Waals surface area contributed by atoms with Crippen LogP contribution < -0.4 is 0 Å². The van der Waals surface area contributed by atoms with E-state index >= 15 is 0 Å². The fourth-order valence-corrected chi connectivity index (χ4v) is 2.97. The molecule has 0 aliphatic carbocycles. The van der Waals surface area contributed by atoms with Crippen molar-refractivity contribution in [3.05, 3.63) is 32.9 Å². The molecule has 1 aromatic carbocycles. The Morgan fingerprint density at radius 2 is 2.22 bits per heavy atom. The topological polar surface area (TPSA) is 29.5 Å². The maximum atomic E-state index is 12.5. The van der Waals surface area contributed by atoms with Crippen molar-refractivity contribution in [1.82, 2.24) is 4.90 Å². The Labute approximate surface area is 122 Å². The molecule has 1 saturated heterocycles. The summed E-state index contributed by atoms with van der Waals surface area (Å²) >= 11 is 2.24. The molecule has 0 bridgehead atoms. The van der Waals surface area contributed by atoms with Crippen molar-refractivity contribution in [3.8, 4) is 0 Å². The standard InChI is InChI=1S/C14H18INO2/c1-9-5-4-6-11(13(9)15)14(17)16(3)12-7-8-18-10(12)2/h4-6,10,12H,7-8H2,1-3H3. The van der Waals surface area contributed by atoms with Gasteiger partial charge in [-0.15, -0.1) is 0 Å². The average molecular weight is 359 g/mol. The first-order valence-corrected chi connectivity index (χ1v) is 7.24. The van der Waals surface area contributed by atoms with E-state index < -0.39 is 0 Å². The minimum absolute atomic E-state index is 0.0884. The molecule has 4 heteroatoms. The SMILES string of the molecule is Cc1cccc(C(=O)N(C)C2CCOC2C)c1I. The van der Waals surface area contributed by atoms with E-state index in [2.05, 4.69) is 22.6 Å². The number of carbonyl (C=O) groups excluding carboxylic acids is 1. The van der Waals surface area contributed by atoms with Crippen LogP contribution in [0, 0.1) is 10.5 Å². The van der Waals surface area contributed by atoms with Crippen molar-refractivity contribution in [3.63, 3.8) is 0 Å². The van der Waals surface area contributed by atoms with E-state index in [1.807, 2.05) is 44.0 Å². The van der Waals surface area contributed by atoms with Crippen LogP contribution >= 0.6 is 22.6 Å². The van der Waals surface area contributed by atoms with Gasteiger partial charge in [-0.25, -0.2) is 0 Å². The van der Waals surface area contributed by atoms with Crippen LogP contribution in [0.5, 0.6) is 0 Å². The first kappa shape index (κ1) is 13.8. The minimum Gasteiger partial charge on any atom is -0.376 e. The maximum Gasteiger partial charge on any atom is 0.255 e. The van der Waals surface area contributed by atoms with Gasteiger partial charge in [0.2, 0.25) is 0 Å². The Balaban J connectivity index is 2.23. The summed E-state index contributed by atoms with van der Waals surface area (Å²) in [5, 5.41) is 0. The van der Waals surface area contributed by atoms with Gasteiger partial charge in [0.05, 0.1) is 17.7 Å². The molecule has 0 aromatic heterocycles. The maximum absolute atomic E-state index is 12.5. The van der Waals surface area contributed by atoms with Crippen LogP contribution in [0.2, 0.25) is 0 Å². The van der Waals surface area contributed by atoms with Gasteiger partial charge in [-0.1, -0.05) is 12.1 Å². The van der Waals surface area contributed by atoms with Crippen LogP contribution in [0.3, 0.4) is 0 Å². The molecule has 1 heterocycles. The largest absolute Gasteiger partial charge is 0.376 e. The molecule has 0 radical (unpaired) electrons. The lowest BCUT2D eigenvalue weighted by Crippen LogP contribution is -2.41. The average Bonchev–Trinajstić information content (AvgIpc) is 2.77. The zero-order valence-corrected chi connectivity index (χ0v) is 13.1. The summed E-state index contributed by atoms with van der Waals surface area (Å²) in [7, 11) is 1.87. The molecule has 1 aliphatic heterocycles. The number of rotatable bonds is 2. The molecule has 98 valence electrons. The normalized spacial score (nSPS) is 23.1. The number of benzene rings is 1. The smallest absolute Gasteiger partial charge is 0.255 e. The molecule has 2 rings (SSSR count). The van der Waals surface area contributed by atoms with E-state index in [-0.39, 0.29) is 18.1 Å². The van der Waals surface area contributed by atoms with Gasteiger partial charge in [-0.2, -0.15) is 0 Å². The van der Waals surface area contributed by atoms with E-state index in [0.717, 1.165) is 27.7 Å². The van der Waals surface area contributed by atoms with E-state index in [4.69, 9.17) is 4.74 Å². The van der Waals surface area contributed by atoms with E-state index in [9.17, 15) is 4.79 Å². The van der Waals surface area contributed by atoms with Gasteiger partial charge in [0.25, 0.3) is 5.91 Å². The van der Waals surface area contributed by atoms with Gasteiger partial charge in [0.15, 0.2) is 0 Å². The molecule has 18 heavy (non-hydrogen) atoms. The van der Waals surface area contributed by atoms with Gasteiger partial charge in [0, 0.05) is 17.2 Å². The Hall–Kier alpha value is -0.620. The molecular formula is C14H18INO2. The van der Waals surface area contributed by atoms with Crippen LogP contribution in [-0.2, 0) is 4.74 Å². The Bertz CT molecular complexity index is 461. The zero-order chi connectivity index (χ0) is 13.3. The highest BCUT2D eigenvalue weighted by atomic mass is 127. The molecule has 2 atom stereocenters. The number of hydrogen-bond acceptors (Lipinski definition) is 2. The van der Waals surface area contributed by atoms with Crippen LogP contribution in [0.25, 0.3) is 0 Å². The molecular weight excluding hydrogens is 341 g/mol. The van der Waals surface area contributed by atoms with Crippen LogP contribution in [0.4, 0.5) is 0 Å². The Morgan fingerprint density at radius 3 is 2.83 bits per heavy atom. The summed E-state index contributed by atoms with van der Waals surface area (Å²) in [6.07, 6.45) is 1.05. The molecule has 1 fully saturated rings. The number of amides is 1. The molecule has 1 aliphatic rings. The summed E-state index contributed by atoms with van der Waals surface area (Å²) < 4.78 is 6.57. The second-order valence-corrected chi connectivity index (χ2v) is 5.86. The first-order chi connectivity index (χ1) is 8.52. The summed E-state index contributed by atoms with van der Waals surface area (Å²) in [5.74, 6) is 0.0884. The predicted molar refractivity (Wildman–Crippen MR) is 79.8 cm³/mol. The fraction of sp³-hybridized carbons (Fsp3) is 0.500. The number of aryl methyl sites for hydroxylation is 1. The fourth-order valence-electron chi connectivity index (χ4n) is 2.38. The molecule has 0 N–H and O–H groups in total. The number of nitrogens with zero attached hydrogens (tertiary/aromatic N) is 1. The van der Waals surface area contributed by atoms with Crippen molar-refractivity contribution in [1.29, 1.82) is 0 Å². The number of hydrogen-bond donors (Lipinski definition) is 0. The Morgan fingerprint density at radius 1 is 1.50 bits per heavy atom. The summed E-state index contributed by atoms with van der Waals surface area (Å²) in [6.45, 7) is 4.80. The molecule has 0 saturated carbocycles. The third-order valence-corrected chi connectivity index (χ3v) is 5.01. The number of carbonyl (C=O) groups is 1. The van der Waals surface area contributed by atoms with Crippen molar-refractivity contribution in [2.75, 3.05) is 13.7 Å². The highest BCUT2D eigenvalue weighted by Crippen LogP contribution is 2.23. The van der Waals surface area contributed by atoms with E-state index in [0.29, 0.717) is 0 Å². The zero-order valence-electron chi connectivity index (χ0n) is 10.9. The number of halogens is 1. The van der Waals surface area contributed by atoms with Crippen molar-refractivity contribution in [2.45, 2.75) is 32.4 Å². The van der Waals surface area contributed by atoms with Gasteiger partial charge in [-0.05, 0) is 54.5 Å². The molecule has 2 unspecified atom stereocenters. The van der Waals surface area contributed by atoms with Crippen LogP contribution in [0.15, 0.2) is 18.2 Å². The van der Waals surface area contributed by atoms with Gasteiger partial charge in [0.1, 0.15) is 0 Å². The quantitative estimate of drug-likeness (QED) is 0.760.